The fraction of sp³-hybridized carbons (Fsp3) is 0.538. The van der Waals surface area contributed by atoms with Crippen molar-refractivity contribution in [3.63, 3.8) is 0 Å². The first kappa shape index (κ1) is 9.72. The highest BCUT2D eigenvalue weighted by molar-refractivity contribution is 5.22. The van der Waals surface area contributed by atoms with Crippen molar-refractivity contribution >= 4 is 0 Å². The standard InChI is InChI=1S/C13H19N/c1-11-4-3-5-12(8-11)9-13-6-7-14(2)10-13/h3-5,8,13H,6-7,9-10H2,1-2H3. The molecule has 14 heavy (non-hydrogen) atoms. The molecule has 1 aliphatic heterocycles. The van der Waals surface area contributed by atoms with Crippen molar-refractivity contribution in [1.82, 2.24) is 4.90 Å². The Kier molecular flexibility index (Phi) is 2.87. The van der Waals surface area contributed by atoms with Gasteiger partial charge in [-0.3, -0.25) is 0 Å². The van der Waals surface area contributed by atoms with Crippen molar-refractivity contribution in [2.24, 2.45) is 5.92 Å². The third kappa shape index (κ3) is 2.36. The topological polar surface area (TPSA) is 3.24 Å². The Morgan fingerprint density at radius 1 is 1.43 bits per heavy atom. The van der Waals surface area contributed by atoms with Crippen LogP contribution in [0.5, 0.6) is 0 Å². The van der Waals surface area contributed by atoms with Crippen molar-refractivity contribution in [3.05, 3.63) is 35.4 Å². The Bertz CT molecular complexity index is 306. The monoisotopic (exact) mass is 189 g/mol. The summed E-state index contributed by atoms with van der Waals surface area (Å²) >= 11 is 0. The predicted molar refractivity (Wildman–Crippen MR) is 60.5 cm³/mol. The molecule has 1 aromatic carbocycles. The van der Waals surface area contributed by atoms with Gasteiger partial charge in [-0.1, -0.05) is 29.8 Å². The molecular weight excluding hydrogens is 170 g/mol. The van der Waals surface area contributed by atoms with E-state index in [1.54, 1.807) is 0 Å². The van der Waals surface area contributed by atoms with Crippen LogP contribution in [-0.4, -0.2) is 25.0 Å². The van der Waals surface area contributed by atoms with E-state index in [2.05, 4.69) is 43.1 Å². The lowest BCUT2D eigenvalue weighted by Gasteiger charge is -2.10. The van der Waals surface area contributed by atoms with Crippen LogP contribution < -0.4 is 0 Å². The van der Waals surface area contributed by atoms with Crippen molar-refractivity contribution < 1.29 is 0 Å². The molecule has 2 rings (SSSR count). The number of rotatable bonds is 2. The molecule has 0 N–H and O–H groups in total. The summed E-state index contributed by atoms with van der Waals surface area (Å²) in [6.45, 7) is 4.72. The molecule has 1 atom stereocenters. The van der Waals surface area contributed by atoms with Gasteiger partial charge in [0.05, 0.1) is 0 Å². The van der Waals surface area contributed by atoms with Gasteiger partial charge in [0.25, 0.3) is 0 Å². The molecule has 0 aliphatic carbocycles. The highest BCUT2D eigenvalue weighted by Crippen LogP contribution is 2.19. The van der Waals surface area contributed by atoms with Gasteiger partial charge < -0.3 is 4.90 Å². The van der Waals surface area contributed by atoms with Gasteiger partial charge in [-0.15, -0.1) is 0 Å². The Morgan fingerprint density at radius 3 is 2.93 bits per heavy atom. The van der Waals surface area contributed by atoms with E-state index in [4.69, 9.17) is 0 Å². The molecule has 0 saturated carbocycles. The van der Waals surface area contributed by atoms with E-state index in [1.165, 1.54) is 37.1 Å². The highest BCUT2D eigenvalue weighted by Gasteiger charge is 2.19. The molecule has 1 aromatic rings. The SMILES string of the molecule is Cc1cccc(CC2CCN(C)C2)c1. The molecular formula is C13H19N. The number of aryl methyl sites for hydroxylation is 1. The van der Waals surface area contributed by atoms with E-state index in [9.17, 15) is 0 Å². The zero-order chi connectivity index (χ0) is 9.97. The van der Waals surface area contributed by atoms with E-state index in [-0.39, 0.29) is 0 Å². The summed E-state index contributed by atoms with van der Waals surface area (Å²) in [7, 11) is 2.22. The lowest BCUT2D eigenvalue weighted by atomic mass is 9.98. The summed E-state index contributed by atoms with van der Waals surface area (Å²) in [6, 6.07) is 8.91. The maximum Gasteiger partial charge on any atom is 0.00103 e. The third-order valence-electron chi connectivity index (χ3n) is 3.10. The minimum Gasteiger partial charge on any atom is -0.306 e. The predicted octanol–water partition coefficient (Wildman–Crippen LogP) is 2.49. The van der Waals surface area contributed by atoms with E-state index < -0.39 is 0 Å². The Balaban J connectivity index is 1.97. The average Bonchev–Trinajstić information content (AvgIpc) is 2.51. The molecule has 1 fully saturated rings. The zero-order valence-electron chi connectivity index (χ0n) is 9.16. The smallest absolute Gasteiger partial charge is 0.00103 e. The van der Waals surface area contributed by atoms with Crippen LogP contribution in [0.4, 0.5) is 0 Å². The average molecular weight is 189 g/mol. The third-order valence-corrected chi connectivity index (χ3v) is 3.10. The van der Waals surface area contributed by atoms with Gasteiger partial charge in [-0.2, -0.15) is 0 Å². The first-order valence-corrected chi connectivity index (χ1v) is 5.48. The lowest BCUT2D eigenvalue weighted by molar-refractivity contribution is 0.394. The molecule has 0 radical (unpaired) electrons. The first-order chi connectivity index (χ1) is 6.74. The summed E-state index contributed by atoms with van der Waals surface area (Å²) in [5.41, 5.74) is 2.89. The van der Waals surface area contributed by atoms with Crippen LogP contribution in [0.1, 0.15) is 17.5 Å². The number of hydrogen-bond acceptors (Lipinski definition) is 1. The van der Waals surface area contributed by atoms with Crippen molar-refractivity contribution in [2.45, 2.75) is 19.8 Å². The summed E-state index contributed by atoms with van der Waals surface area (Å²) in [5.74, 6) is 0.877. The molecule has 76 valence electrons. The van der Waals surface area contributed by atoms with Crippen LogP contribution in [0.15, 0.2) is 24.3 Å². The fourth-order valence-corrected chi connectivity index (χ4v) is 2.37. The van der Waals surface area contributed by atoms with Crippen molar-refractivity contribution in [3.8, 4) is 0 Å². The second-order valence-electron chi connectivity index (χ2n) is 4.61. The van der Waals surface area contributed by atoms with Gasteiger partial charge in [-0.05, 0) is 44.8 Å². The molecule has 0 bridgehead atoms. The van der Waals surface area contributed by atoms with Gasteiger partial charge >= 0.3 is 0 Å². The van der Waals surface area contributed by atoms with Gasteiger partial charge in [0.15, 0.2) is 0 Å². The van der Waals surface area contributed by atoms with Crippen LogP contribution in [0.25, 0.3) is 0 Å². The molecule has 1 nitrogen and oxygen atoms in total. The molecule has 0 aromatic heterocycles. The van der Waals surface area contributed by atoms with Crippen LogP contribution in [0, 0.1) is 12.8 Å². The van der Waals surface area contributed by atoms with Crippen molar-refractivity contribution in [2.75, 3.05) is 20.1 Å². The summed E-state index contributed by atoms with van der Waals surface area (Å²) in [5, 5.41) is 0. The Labute approximate surface area is 86.7 Å². The second-order valence-corrected chi connectivity index (χ2v) is 4.61. The zero-order valence-corrected chi connectivity index (χ0v) is 9.16. The fourth-order valence-electron chi connectivity index (χ4n) is 2.37. The van der Waals surface area contributed by atoms with Crippen LogP contribution in [-0.2, 0) is 6.42 Å². The number of benzene rings is 1. The molecule has 0 amide bonds. The summed E-state index contributed by atoms with van der Waals surface area (Å²) in [4.78, 5) is 2.43. The van der Waals surface area contributed by atoms with Gasteiger partial charge in [0.2, 0.25) is 0 Å². The van der Waals surface area contributed by atoms with Gasteiger partial charge in [-0.25, -0.2) is 0 Å². The maximum absolute atomic E-state index is 2.43. The van der Waals surface area contributed by atoms with E-state index >= 15 is 0 Å². The molecule has 1 heteroatoms. The normalized spacial score (nSPS) is 22.9. The van der Waals surface area contributed by atoms with Crippen molar-refractivity contribution in [1.29, 1.82) is 0 Å². The van der Waals surface area contributed by atoms with Crippen LogP contribution >= 0.6 is 0 Å². The largest absolute Gasteiger partial charge is 0.306 e. The van der Waals surface area contributed by atoms with Gasteiger partial charge in [0.1, 0.15) is 0 Å². The maximum atomic E-state index is 2.43. The first-order valence-electron chi connectivity index (χ1n) is 5.48. The van der Waals surface area contributed by atoms with Gasteiger partial charge in [0, 0.05) is 6.54 Å². The summed E-state index contributed by atoms with van der Waals surface area (Å²) < 4.78 is 0. The quantitative estimate of drug-likeness (QED) is 0.691. The minimum absolute atomic E-state index is 0.877. The number of hydrogen-bond donors (Lipinski definition) is 0. The highest BCUT2D eigenvalue weighted by atomic mass is 15.1. The Hall–Kier alpha value is -0.820. The number of nitrogens with zero attached hydrogens (tertiary/aromatic N) is 1. The van der Waals surface area contributed by atoms with E-state index in [0.29, 0.717) is 0 Å². The van der Waals surface area contributed by atoms with E-state index in [0.717, 1.165) is 5.92 Å². The lowest BCUT2D eigenvalue weighted by Crippen LogP contribution is -2.14. The van der Waals surface area contributed by atoms with Crippen LogP contribution in [0.2, 0.25) is 0 Å². The number of likely N-dealkylation sites (tertiary alicyclic amines) is 1. The molecule has 0 spiro atoms. The minimum atomic E-state index is 0.877. The molecule has 1 unspecified atom stereocenters. The van der Waals surface area contributed by atoms with E-state index in [1.807, 2.05) is 0 Å². The summed E-state index contributed by atoms with van der Waals surface area (Å²) in [6.07, 6.45) is 2.62. The molecule has 1 aliphatic rings. The Morgan fingerprint density at radius 2 is 2.29 bits per heavy atom. The molecule has 1 saturated heterocycles. The second kappa shape index (κ2) is 4.14. The molecule has 1 heterocycles. The van der Waals surface area contributed by atoms with Crippen LogP contribution in [0.3, 0.4) is 0 Å².